The molecule has 3 aromatic rings. The van der Waals surface area contributed by atoms with E-state index in [2.05, 4.69) is 11.4 Å². The number of fused-ring (bicyclic) bond motifs is 1. The van der Waals surface area contributed by atoms with Gasteiger partial charge in [0, 0.05) is 29.7 Å². The molecule has 7 heteroatoms. The maximum absolute atomic E-state index is 13.7. The van der Waals surface area contributed by atoms with Gasteiger partial charge in [0.25, 0.3) is 11.8 Å². The van der Waals surface area contributed by atoms with Gasteiger partial charge in [0.05, 0.1) is 11.3 Å². The number of nitrogens with one attached hydrogen (secondary N) is 1. The molecule has 1 aromatic heterocycles. The molecule has 6 nitrogen and oxygen atoms in total. The first kappa shape index (κ1) is 20.2. The Kier molecular flexibility index (Phi) is 5.11. The Morgan fingerprint density at radius 1 is 0.969 bits per heavy atom. The van der Waals surface area contributed by atoms with E-state index >= 15 is 0 Å². The van der Waals surface area contributed by atoms with Gasteiger partial charge < -0.3 is 10.2 Å². The fraction of sp³-hybridized carbons (Fsp3) is 0.160. The number of rotatable bonds is 4. The normalized spacial score (nSPS) is 15.9. The van der Waals surface area contributed by atoms with Gasteiger partial charge in [0.15, 0.2) is 0 Å². The van der Waals surface area contributed by atoms with Crippen molar-refractivity contribution in [3.8, 4) is 0 Å². The number of benzene rings is 2. The van der Waals surface area contributed by atoms with Crippen LogP contribution in [0.5, 0.6) is 0 Å². The van der Waals surface area contributed by atoms with E-state index in [1.807, 2.05) is 40.6 Å². The summed E-state index contributed by atoms with van der Waals surface area (Å²) in [6, 6.07) is 18.6. The van der Waals surface area contributed by atoms with Crippen LogP contribution >= 0.6 is 11.3 Å². The molecule has 5 rings (SSSR count). The summed E-state index contributed by atoms with van der Waals surface area (Å²) in [7, 11) is 0. The molecule has 3 amide bonds. The van der Waals surface area contributed by atoms with Gasteiger partial charge in [-0.2, -0.15) is 0 Å². The van der Waals surface area contributed by atoms with Crippen LogP contribution < -0.4 is 15.1 Å². The van der Waals surface area contributed by atoms with Crippen molar-refractivity contribution >= 4 is 51.7 Å². The molecule has 0 spiro atoms. The van der Waals surface area contributed by atoms with E-state index in [4.69, 9.17) is 0 Å². The number of carbonyl (C=O) groups is 3. The average molecular weight is 444 g/mol. The molecule has 0 bridgehead atoms. The van der Waals surface area contributed by atoms with Crippen LogP contribution in [0.25, 0.3) is 5.57 Å². The van der Waals surface area contributed by atoms with Crippen molar-refractivity contribution in [3.63, 3.8) is 0 Å². The molecule has 1 N–H and O–H groups in total. The van der Waals surface area contributed by atoms with E-state index in [1.54, 1.807) is 24.3 Å². The number of aryl methyl sites for hydroxylation is 1. The quantitative estimate of drug-likeness (QED) is 0.605. The number of hydrogen-bond acceptors (Lipinski definition) is 5. The highest BCUT2D eigenvalue weighted by molar-refractivity contribution is 7.11. The largest absolute Gasteiger partial charge is 0.336 e. The Balaban J connectivity index is 1.59. The zero-order valence-corrected chi connectivity index (χ0v) is 18.3. The lowest BCUT2D eigenvalue weighted by Crippen LogP contribution is -2.37. The molecule has 32 heavy (non-hydrogen) atoms. The minimum Gasteiger partial charge on any atom is -0.336 e. The van der Waals surface area contributed by atoms with Crippen LogP contribution in [0.1, 0.15) is 23.8 Å². The van der Waals surface area contributed by atoms with Crippen LogP contribution in [0.4, 0.5) is 17.1 Å². The number of hydrogen-bond donors (Lipinski definition) is 1. The van der Waals surface area contributed by atoms with E-state index in [-0.39, 0.29) is 17.7 Å². The number of imide groups is 1. The van der Waals surface area contributed by atoms with Crippen molar-refractivity contribution in [1.29, 1.82) is 0 Å². The molecule has 0 fully saturated rings. The van der Waals surface area contributed by atoms with Crippen molar-refractivity contribution < 1.29 is 14.4 Å². The van der Waals surface area contributed by atoms with E-state index in [9.17, 15) is 14.4 Å². The van der Waals surface area contributed by atoms with Crippen LogP contribution in [-0.2, 0) is 20.8 Å². The number of para-hydroxylation sites is 1. The van der Waals surface area contributed by atoms with Gasteiger partial charge in [-0.05, 0) is 60.2 Å². The third kappa shape index (κ3) is 3.40. The van der Waals surface area contributed by atoms with Crippen molar-refractivity contribution in [1.82, 2.24) is 0 Å². The molecule has 2 aliphatic rings. The minimum atomic E-state index is -0.331. The molecular formula is C25H21N3O3S. The SMILES string of the molecule is CC(=O)Nc1ccc(N2C(=O)C(c3cccs3)=C(N3CCCc4ccccc43)C2=O)cc1. The molecule has 2 aliphatic heterocycles. The van der Waals surface area contributed by atoms with Crippen LogP contribution in [0.15, 0.2) is 71.7 Å². The van der Waals surface area contributed by atoms with Gasteiger partial charge in [-0.1, -0.05) is 24.3 Å². The van der Waals surface area contributed by atoms with Gasteiger partial charge in [0.1, 0.15) is 5.70 Å². The molecule has 2 aromatic carbocycles. The zero-order valence-electron chi connectivity index (χ0n) is 17.5. The van der Waals surface area contributed by atoms with Gasteiger partial charge in [-0.15, -0.1) is 11.3 Å². The Bertz CT molecular complexity index is 1250. The van der Waals surface area contributed by atoms with E-state index in [0.29, 0.717) is 29.2 Å². The molecule has 0 radical (unpaired) electrons. The predicted octanol–water partition coefficient (Wildman–Crippen LogP) is 4.44. The van der Waals surface area contributed by atoms with E-state index in [1.165, 1.54) is 28.7 Å². The molecular weight excluding hydrogens is 422 g/mol. The number of nitrogens with zero attached hydrogens (tertiary/aromatic N) is 2. The molecule has 3 heterocycles. The van der Waals surface area contributed by atoms with E-state index < -0.39 is 0 Å². The van der Waals surface area contributed by atoms with Crippen LogP contribution in [-0.4, -0.2) is 24.3 Å². The summed E-state index contributed by atoms with van der Waals surface area (Å²) >= 11 is 1.45. The number of thiophene rings is 1. The third-order valence-electron chi connectivity index (χ3n) is 5.65. The summed E-state index contributed by atoms with van der Waals surface area (Å²) in [5.41, 5.74) is 4.10. The first-order valence-corrected chi connectivity index (χ1v) is 11.3. The number of amides is 3. The summed E-state index contributed by atoms with van der Waals surface area (Å²) in [5, 5.41) is 4.61. The summed E-state index contributed by atoms with van der Waals surface area (Å²) < 4.78 is 0. The zero-order chi connectivity index (χ0) is 22.2. The molecule has 0 aliphatic carbocycles. The molecule has 0 atom stereocenters. The van der Waals surface area contributed by atoms with Crippen molar-refractivity contribution in [2.24, 2.45) is 0 Å². The second-order valence-electron chi connectivity index (χ2n) is 7.76. The lowest BCUT2D eigenvalue weighted by atomic mass is 10.00. The molecule has 160 valence electrons. The fourth-order valence-electron chi connectivity index (χ4n) is 4.31. The molecule has 0 unspecified atom stereocenters. The van der Waals surface area contributed by atoms with Gasteiger partial charge >= 0.3 is 0 Å². The highest BCUT2D eigenvalue weighted by atomic mass is 32.1. The van der Waals surface area contributed by atoms with Crippen LogP contribution in [0.3, 0.4) is 0 Å². The Morgan fingerprint density at radius 2 is 1.75 bits per heavy atom. The van der Waals surface area contributed by atoms with Gasteiger partial charge in [0.2, 0.25) is 5.91 Å². The number of anilines is 3. The average Bonchev–Trinajstić information content (AvgIpc) is 3.40. The summed E-state index contributed by atoms with van der Waals surface area (Å²) in [6.45, 7) is 2.11. The first-order chi connectivity index (χ1) is 15.5. The standard InChI is InChI=1S/C25H21N3O3S/c1-16(29)26-18-10-12-19(13-11-18)28-24(30)22(21-9-5-15-32-21)23(25(28)31)27-14-4-7-17-6-2-3-8-20(17)27/h2-3,5-6,8-13,15H,4,7,14H2,1H3,(H,26,29). The monoisotopic (exact) mass is 443 g/mol. The van der Waals surface area contributed by atoms with Crippen molar-refractivity contribution in [2.75, 3.05) is 21.7 Å². The fourth-order valence-corrected chi connectivity index (χ4v) is 5.07. The number of carbonyl (C=O) groups excluding carboxylic acids is 3. The molecule has 0 saturated heterocycles. The lowest BCUT2D eigenvalue weighted by molar-refractivity contribution is -0.120. The second-order valence-corrected chi connectivity index (χ2v) is 8.71. The van der Waals surface area contributed by atoms with Gasteiger partial charge in [-0.3, -0.25) is 14.4 Å². The Labute approximate surface area is 189 Å². The molecule has 0 saturated carbocycles. The van der Waals surface area contributed by atoms with Gasteiger partial charge in [-0.25, -0.2) is 4.90 Å². The van der Waals surface area contributed by atoms with Crippen LogP contribution in [0.2, 0.25) is 0 Å². The van der Waals surface area contributed by atoms with Crippen molar-refractivity contribution in [3.05, 3.63) is 82.2 Å². The van der Waals surface area contributed by atoms with E-state index in [0.717, 1.165) is 23.4 Å². The van der Waals surface area contributed by atoms with Crippen molar-refractivity contribution in [2.45, 2.75) is 19.8 Å². The maximum atomic E-state index is 13.7. The maximum Gasteiger partial charge on any atom is 0.282 e. The summed E-state index contributed by atoms with van der Waals surface area (Å²) in [6.07, 6.45) is 1.86. The highest BCUT2D eigenvalue weighted by Gasteiger charge is 2.43. The minimum absolute atomic E-state index is 0.182. The Morgan fingerprint density at radius 3 is 2.47 bits per heavy atom. The highest BCUT2D eigenvalue weighted by Crippen LogP contribution is 2.40. The second kappa shape index (κ2) is 8.09. The summed E-state index contributed by atoms with van der Waals surface area (Å²) in [5.74, 6) is -0.844. The Hall–Kier alpha value is -3.71. The third-order valence-corrected chi connectivity index (χ3v) is 6.54. The predicted molar refractivity (Wildman–Crippen MR) is 127 cm³/mol. The van der Waals surface area contributed by atoms with Crippen LogP contribution in [0, 0.1) is 0 Å². The first-order valence-electron chi connectivity index (χ1n) is 10.4. The lowest BCUT2D eigenvalue weighted by Gasteiger charge is -2.32. The topological polar surface area (TPSA) is 69.7 Å². The smallest absolute Gasteiger partial charge is 0.282 e. The summed E-state index contributed by atoms with van der Waals surface area (Å²) in [4.78, 5) is 42.7.